The molecule has 27 heavy (non-hydrogen) atoms. The summed E-state index contributed by atoms with van der Waals surface area (Å²) in [6.45, 7) is 0. The van der Waals surface area contributed by atoms with E-state index < -0.39 is 40.8 Å². The molecule has 138 valence electrons. The lowest BCUT2D eigenvalue weighted by atomic mass is 9.84. The van der Waals surface area contributed by atoms with Crippen LogP contribution < -0.4 is 0 Å². The first-order valence-corrected chi connectivity index (χ1v) is 9.65. The third kappa shape index (κ3) is 2.75. The maximum Gasteiger partial charge on any atom is 0.378 e. The number of benzene rings is 1. The zero-order chi connectivity index (χ0) is 19.2. The Bertz CT molecular complexity index is 817. The van der Waals surface area contributed by atoms with Gasteiger partial charge in [0, 0.05) is 24.5 Å². The largest absolute Gasteiger partial charge is 0.539 e. The van der Waals surface area contributed by atoms with Crippen molar-refractivity contribution in [3.63, 3.8) is 0 Å². The molecule has 3 saturated heterocycles. The van der Waals surface area contributed by atoms with Crippen LogP contribution in [0.2, 0.25) is 0 Å². The van der Waals surface area contributed by atoms with Crippen molar-refractivity contribution in [2.45, 2.75) is 30.4 Å². The number of carbonyl (C=O) groups is 4. The number of β-lactam (4-membered cyclic amide) rings is 1. The van der Waals surface area contributed by atoms with Crippen LogP contribution in [0.15, 0.2) is 30.3 Å². The number of carbonyl (C=O) groups excluding carboxylic acids is 4. The first-order valence-electron chi connectivity index (χ1n) is 8.60. The Morgan fingerprint density at radius 3 is 2.74 bits per heavy atom. The molecular weight excluding hydrogens is 369 g/mol. The van der Waals surface area contributed by atoms with Gasteiger partial charge in [-0.05, 0) is 5.56 Å². The predicted molar refractivity (Wildman–Crippen MR) is 95.1 cm³/mol. The second-order valence-electron chi connectivity index (χ2n) is 6.92. The molecule has 1 amide bonds. The molecule has 2 radical (unpaired) electrons. The van der Waals surface area contributed by atoms with Gasteiger partial charge in [0.15, 0.2) is 0 Å². The van der Waals surface area contributed by atoms with E-state index in [1.807, 2.05) is 30.3 Å². The van der Waals surface area contributed by atoms with Gasteiger partial charge < -0.3 is 9.39 Å². The minimum atomic E-state index is -1.79. The van der Waals surface area contributed by atoms with Gasteiger partial charge in [0.2, 0.25) is 5.91 Å². The first kappa shape index (κ1) is 18.1. The topological polar surface area (TPSA) is 90.0 Å². The van der Waals surface area contributed by atoms with E-state index >= 15 is 0 Å². The summed E-state index contributed by atoms with van der Waals surface area (Å²) in [5, 5.41) is -0.418. The summed E-state index contributed by atoms with van der Waals surface area (Å²) >= 11 is 1.45. The first-order chi connectivity index (χ1) is 13.0. The standard InChI is InChI=1S/C18H16BNO6S/c19-26-17(24)18-11(7-14(22)25-18)9-27-16-13(15(23)20(16)18)8-12(21)6-10-4-2-1-3-5-10/h1-5,11,13,16H,6-9H2/t11-,13+,16+,18+/m0/s1. The van der Waals surface area contributed by atoms with Gasteiger partial charge in [-0.15, -0.1) is 11.8 Å². The second-order valence-corrected chi connectivity index (χ2v) is 8.07. The highest BCUT2D eigenvalue weighted by Gasteiger charge is 2.71. The number of rotatable bonds is 5. The third-order valence-electron chi connectivity index (χ3n) is 5.31. The Morgan fingerprint density at radius 1 is 1.30 bits per heavy atom. The van der Waals surface area contributed by atoms with Gasteiger partial charge in [-0.2, -0.15) is 0 Å². The Kier molecular flexibility index (Phi) is 4.49. The number of nitrogens with zero attached hydrogens (tertiary/aromatic N) is 1. The molecule has 1 aromatic rings. The minimum absolute atomic E-state index is 0.0240. The van der Waals surface area contributed by atoms with Crippen molar-refractivity contribution < 1.29 is 28.6 Å². The Labute approximate surface area is 161 Å². The molecule has 0 unspecified atom stereocenters. The molecule has 0 bridgehead atoms. The Hall–Kier alpha value is -2.29. The number of fused-ring (bicyclic) bond motifs is 3. The smallest absolute Gasteiger partial charge is 0.378 e. The maximum atomic E-state index is 12.8. The Balaban J connectivity index is 1.51. The van der Waals surface area contributed by atoms with E-state index in [0.717, 1.165) is 5.56 Å². The van der Waals surface area contributed by atoms with E-state index in [-0.39, 0.29) is 25.0 Å². The molecule has 3 fully saturated rings. The summed E-state index contributed by atoms with van der Waals surface area (Å²) in [5.41, 5.74) is -0.909. The van der Waals surface area contributed by atoms with Gasteiger partial charge in [0.05, 0.1) is 17.7 Å². The summed E-state index contributed by atoms with van der Waals surface area (Å²) in [4.78, 5) is 50.6. The molecule has 4 atom stereocenters. The average Bonchev–Trinajstić information content (AvgIpc) is 3.01. The maximum absolute atomic E-state index is 12.8. The lowest BCUT2D eigenvalue weighted by molar-refractivity contribution is -0.217. The van der Waals surface area contributed by atoms with Crippen molar-refractivity contribution in [1.82, 2.24) is 4.90 Å². The van der Waals surface area contributed by atoms with Crippen LogP contribution >= 0.6 is 11.8 Å². The lowest BCUT2D eigenvalue weighted by Crippen LogP contribution is -2.75. The zero-order valence-corrected chi connectivity index (χ0v) is 15.1. The van der Waals surface area contributed by atoms with Crippen LogP contribution in [0, 0.1) is 11.8 Å². The number of ketones is 1. The quantitative estimate of drug-likeness (QED) is 0.417. The average molecular weight is 385 g/mol. The van der Waals surface area contributed by atoms with E-state index in [1.54, 1.807) is 0 Å². The van der Waals surface area contributed by atoms with Crippen LogP contribution in [0.1, 0.15) is 18.4 Å². The molecule has 7 nitrogen and oxygen atoms in total. The van der Waals surface area contributed by atoms with Gasteiger partial charge in [-0.3, -0.25) is 19.3 Å². The molecule has 3 aliphatic heterocycles. The molecule has 0 spiro atoms. The van der Waals surface area contributed by atoms with Crippen molar-refractivity contribution in [2.24, 2.45) is 11.8 Å². The van der Waals surface area contributed by atoms with E-state index in [4.69, 9.17) is 12.8 Å². The van der Waals surface area contributed by atoms with Crippen LogP contribution in [0.4, 0.5) is 0 Å². The highest BCUT2D eigenvalue weighted by Crippen LogP contribution is 2.54. The molecule has 0 aliphatic carbocycles. The van der Waals surface area contributed by atoms with Crippen LogP contribution in [0.5, 0.6) is 0 Å². The van der Waals surface area contributed by atoms with E-state index in [9.17, 15) is 19.2 Å². The number of Topliss-reactive ketones (excluding diaryl/α,β-unsaturated/α-hetero) is 1. The van der Waals surface area contributed by atoms with Gasteiger partial charge in [0.25, 0.3) is 5.72 Å². The third-order valence-corrected chi connectivity index (χ3v) is 6.78. The van der Waals surface area contributed by atoms with E-state index in [0.29, 0.717) is 5.75 Å². The predicted octanol–water partition coefficient (Wildman–Crippen LogP) is 0.606. The van der Waals surface area contributed by atoms with Gasteiger partial charge in [0.1, 0.15) is 5.78 Å². The lowest BCUT2D eigenvalue weighted by Gasteiger charge is -2.57. The highest BCUT2D eigenvalue weighted by molar-refractivity contribution is 8.00. The molecule has 4 rings (SSSR count). The molecule has 3 aliphatic rings. The summed E-state index contributed by atoms with van der Waals surface area (Å²) in [6.07, 6.45) is 0.347. The van der Waals surface area contributed by atoms with Crippen molar-refractivity contribution in [3.05, 3.63) is 35.9 Å². The fourth-order valence-corrected chi connectivity index (χ4v) is 5.69. The van der Waals surface area contributed by atoms with Crippen LogP contribution in [0.25, 0.3) is 0 Å². The fourth-order valence-electron chi connectivity index (χ4n) is 4.06. The number of amides is 1. The van der Waals surface area contributed by atoms with E-state index in [2.05, 4.69) is 4.65 Å². The van der Waals surface area contributed by atoms with Gasteiger partial charge >= 0.3 is 20.0 Å². The highest BCUT2D eigenvalue weighted by atomic mass is 32.2. The van der Waals surface area contributed by atoms with Gasteiger partial charge in [-0.1, -0.05) is 30.3 Å². The molecule has 1 aromatic carbocycles. The zero-order valence-electron chi connectivity index (χ0n) is 14.3. The number of hydrogen-bond donors (Lipinski definition) is 0. The number of thioether (sulfide) groups is 1. The molecular formula is C18H16BNO6S. The van der Waals surface area contributed by atoms with Crippen LogP contribution in [-0.4, -0.2) is 53.4 Å². The monoisotopic (exact) mass is 385 g/mol. The summed E-state index contributed by atoms with van der Waals surface area (Å²) < 4.78 is 9.62. The van der Waals surface area contributed by atoms with Crippen LogP contribution in [-0.2, 0) is 35.0 Å². The minimum Gasteiger partial charge on any atom is -0.539 e. The fraction of sp³-hybridized carbons (Fsp3) is 0.444. The summed E-state index contributed by atoms with van der Waals surface area (Å²) in [6, 6.07) is 9.29. The van der Waals surface area contributed by atoms with Crippen molar-refractivity contribution in [1.29, 1.82) is 0 Å². The molecule has 9 heteroatoms. The summed E-state index contributed by atoms with van der Waals surface area (Å²) in [5.74, 6) is -2.58. The second kappa shape index (κ2) is 6.71. The normalized spacial score (nSPS) is 31.4. The van der Waals surface area contributed by atoms with Crippen molar-refractivity contribution >= 4 is 43.4 Å². The van der Waals surface area contributed by atoms with Gasteiger partial charge in [-0.25, -0.2) is 4.79 Å². The van der Waals surface area contributed by atoms with Crippen LogP contribution in [0.3, 0.4) is 0 Å². The number of hydrogen-bond acceptors (Lipinski definition) is 7. The number of ether oxygens (including phenoxy) is 1. The summed E-state index contributed by atoms with van der Waals surface area (Å²) in [7, 11) is 5.04. The SMILES string of the molecule is [B]OC(=O)[C@]12OC(=O)C[C@H]1CS[C@@H]1[C@H](CC(=O)Cc3ccccc3)C(=O)N12. The number of esters is 1. The van der Waals surface area contributed by atoms with E-state index in [1.165, 1.54) is 16.7 Å². The van der Waals surface area contributed by atoms with Crippen molar-refractivity contribution in [2.75, 3.05) is 5.75 Å². The molecule has 0 N–H and O–H groups in total. The molecule has 0 saturated carbocycles. The van der Waals surface area contributed by atoms with Crippen molar-refractivity contribution in [3.8, 4) is 0 Å². The molecule has 0 aromatic heterocycles. The Morgan fingerprint density at radius 2 is 2.04 bits per heavy atom. The molecule has 3 heterocycles.